The second-order valence-corrected chi connectivity index (χ2v) is 4.15. The van der Waals surface area contributed by atoms with Crippen molar-refractivity contribution in [2.45, 2.75) is 32.9 Å². The van der Waals surface area contributed by atoms with Crippen molar-refractivity contribution in [3.8, 4) is 0 Å². The summed E-state index contributed by atoms with van der Waals surface area (Å²) in [5.41, 5.74) is 0. The first-order valence-corrected chi connectivity index (χ1v) is 5.86. The summed E-state index contributed by atoms with van der Waals surface area (Å²) < 4.78 is 123. The van der Waals surface area contributed by atoms with Gasteiger partial charge in [0.05, 0.1) is 5.76 Å². The van der Waals surface area contributed by atoms with Gasteiger partial charge in [-0.3, -0.25) is 0 Å². The average Bonchev–Trinajstić information content (AvgIpc) is 2.45. The summed E-state index contributed by atoms with van der Waals surface area (Å²) in [6, 6.07) is 0. The summed E-state index contributed by atoms with van der Waals surface area (Å²) in [4.78, 5) is 0. The SMILES string of the molecule is C.CC1=CC(C(F)(F)F)=[O+][CH-]O1.FC(F)(F)C1=CC(C(F)(F)F)=[O+][CH-]O1. The van der Waals surface area contributed by atoms with Gasteiger partial charge in [-0.1, -0.05) is 7.43 Å². The van der Waals surface area contributed by atoms with Crippen LogP contribution in [0.15, 0.2) is 23.7 Å². The maximum atomic E-state index is 11.9. The molecular weight excluding hydrogens is 391 g/mol. The first-order chi connectivity index (χ1) is 11.2. The van der Waals surface area contributed by atoms with Crippen molar-refractivity contribution in [1.82, 2.24) is 0 Å². The molecule has 0 spiro atoms. The average molecular weight is 402 g/mol. The van der Waals surface area contributed by atoms with E-state index in [0.717, 1.165) is 6.08 Å². The van der Waals surface area contributed by atoms with E-state index in [2.05, 4.69) is 18.3 Å². The number of ether oxygens (including phenoxy) is 2. The van der Waals surface area contributed by atoms with Crippen LogP contribution >= 0.6 is 0 Å². The van der Waals surface area contributed by atoms with Crippen LogP contribution < -0.4 is 0 Å². The number of hydrogen-bond donors (Lipinski definition) is 0. The van der Waals surface area contributed by atoms with E-state index in [4.69, 9.17) is 0 Å². The van der Waals surface area contributed by atoms with Crippen LogP contribution in [0.25, 0.3) is 0 Å². The van der Waals surface area contributed by atoms with Crippen LogP contribution in [-0.2, 0) is 18.3 Å². The van der Waals surface area contributed by atoms with Gasteiger partial charge in [0.15, 0.2) is 5.76 Å². The maximum absolute atomic E-state index is 11.9. The number of rotatable bonds is 0. The number of halogens is 9. The van der Waals surface area contributed by atoms with Crippen molar-refractivity contribution >= 4 is 11.6 Å². The van der Waals surface area contributed by atoms with Crippen molar-refractivity contribution in [2.75, 3.05) is 0 Å². The molecule has 13 heteroatoms. The lowest BCUT2D eigenvalue weighted by Gasteiger charge is -2.16. The normalized spacial score (nSPS) is 17.2. The molecule has 0 aromatic carbocycles. The van der Waals surface area contributed by atoms with Gasteiger partial charge < -0.3 is 18.3 Å². The molecule has 26 heavy (non-hydrogen) atoms. The Morgan fingerprint density at radius 2 is 1.15 bits per heavy atom. The Kier molecular flexibility index (Phi) is 7.49. The van der Waals surface area contributed by atoms with Gasteiger partial charge in [0.25, 0.3) is 11.6 Å². The summed E-state index contributed by atoms with van der Waals surface area (Å²) in [5.74, 6) is -4.43. The predicted molar refractivity (Wildman–Crippen MR) is 67.5 cm³/mol. The summed E-state index contributed by atoms with van der Waals surface area (Å²) in [6.07, 6.45) is -13.9. The van der Waals surface area contributed by atoms with Gasteiger partial charge in [-0.15, -0.1) is 0 Å². The molecule has 0 radical (unpaired) electrons. The molecule has 0 saturated heterocycles. The summed E-state index contributed by atoms with van der Waals surface area (Å²) >= 11 is 0. The number of carbonyl (C=O) groups excluding carboxylic acids is 2. The lowest BCUT2D eigenvalue weighted by Crippen LogP contribution is -2.28. The van der Waals surface area contributed by atoms with E-state index in [1.807, 2.05) is 0 Å². The molecule has 0 aromatic heterocycles. The molecule has 0 aliphatic carbocycles. The molecule has 0 unspecified atom stereocenters. The zero-order chi connectivity index (χ0) is 19.5. The fraction of sp³-hybridized carbons (Fsp3) is 0.385. The molecule has 2 aliphatic heterocycles. The zero-order valence-electron chi connectivity index (χ0n) is 11.8. The van der Waals surface area contributed by atoms with E-state index < -0.39 is 35.9 Å². The lowest BCUT2D eigenvalue weighted by molar-refractivity contribution is -0.464. The minimum Gasteiger partial charge on any atom is -0.481 e. The summed E-state index contributed by atoms with van der Waals surface area (Å²) in [7, 11) is 0. The van der Waals surface area contributed by atoms with Crippen LogP contribution in [0.5, 0.6) is 0 Å². The van der Waals surface area contributed by atoms with Crippen LogP contribution in [0.1, 0.15) is 14.4 Å². The Morgan fingerprint density at radius 3 is 1.50 bits per heavy atom. The van der Waals surface area contributed by atoms with E-state index in [1.165, 1.54) is 6.92 Å². The van der Waals surface area contributed by atoms with E-state index in [1.54, 1.807) is 0 Å². The van der Waals surface area contributed by atoms with Crippen molar-refractivity contribution < 1.29 is 57.8 Å². The second-order valence-electron chi connectivity index (χ2n) is 4.15. The van der Waals surface area contributed by atoms with Gasteiger partial charge in [-0.25, -0.2) is 0 Å². The lowest BCUT2D eigenvalue weighted by atomic mass is 10.3. The first-order valence-electron chi connectivity index (χ1n) is 5.86. The van der Waals surface area contributed by atoms with E-state index in [0.29, 0.717) is 6.79 Å². The molecule has 150 valence electrons. The van der Waals surface area contributed by atoms with E-state index in [-0.39, 0.29) is 26.1 Å². The molecule has 4 nitrogen and oxygen atoms in total. The first kappa shape index (κ1) is 23.5. The monoisotopic (exact) mass is 402 g/mol. The van der Waals surface area contributed by atoms with Crippen LogP contribution in [0.2, 0.25) is 0 Å². The predicted octanol–water partition coefficient (Wildman–Crippen LogP) is 4.59. The van der Waals surface area contributed by atoms with E-state index >= 15 is 0 Å². The van der Waals surface area contributed by atoms with Crippen LogP contribution in [0, 0.1) is 13.6 Å². The van der Waals surface area contributed by atoms with Crippen LogP contribution in [-0.4, -0.2) is 30.1 Å². The molecule has 0 amide bonds. The third-order valence-electron chi connectivity index (χ3n) is 2.19. The number of allylic oxidation sites excluding steroid dienone is 4. The molecule has 2 aliphatic rings. The highest BCUT2D eigenvalue weighted by atomic mass is 19.4. The molecule has 0 saturated carbocycles. The van der Waals surface area contributed by atoms with Crippen molar-refractivity contribution in [2.24, 2.45) is 0 Å². The van der Waals surface area contributed by atoms with Gasteiger partial charge in [0.1, 0.15) is 0 Å². The Bertz CT molecular complexity index is 607. The number of ketones is 2. The fourth-order valence-electron chi connectivity index (χ4n) is 1.17. The summed E-state index contributed by atoms with van der Waals surface area (Å²) in [5, 5.41) is 0. The topological polar surface area (TPSA) is 41.1 Å². The smallest absolute Gasteiger partial charge is 0.446 e. The van der Waals surface area contributed by atoms with Crippen molar-refractivity contribution in [3.05, 3.63) is 37.3 Å². The Hall–Kier alpha value is -2.47. The fourth-order valence-corrected chi connectivity index (χ4v) is 1.17. The van der Waals surface area contributed by atoms with Crippen LogP contribution in [0.3, 0.4) is 0 Å². The third-order valence-corrected chi connectivity index (χ3v) is 2.19. The van der Waals surface area contributed by atoms with Gasteiger partial charge in [-0.2, -0.15) is 39.5 Å². The Labute approximate surface area is 140 Å². The number of hydrogen-bond acceptors (Lipinski definition) is 2. The molecule has 0 aromatic rings. The Balaban J connectivity index is 0.000000475. The molecule has 0 fully saturated rings. The number of alkyl halides is 9. The quantitative estimate of drug-likeness (QED) is 0.338. The van der Waals surface area contributed by atoms with E-state index in [9.17, 15) is 39.5 Å². The largest absolute Gasteiger partial charge is 0.481 e. The van der Waals surface area contributed by atoms with Gasteiger partial charge in [0, 0.05) is 6.08 Å². The molecule has 2 heterocycles. The van der Waals surface area contributed by atoms with Gasteiger partial charge >= 0.3 is 32.1 Å². The Morgan fingerprint density at radius 1 is 0.731 bits per heavy atom. The minimum absolute atomic E-state index is 0. The van der Waals surface area contributed by atoms with Gasteiger partial charge in [0.2, 0.25) is 0 Å². The van der Waals surface area contributed by atoms with Gasteiger partial charge in [-0.05, 0) is 13.0 Å². The molecule has 0 bridgehead atoms. The minimum atomic E-state index is -4.98. The van der Waals surface area contributed by atoms with Crippen molar-refractivity contribution in [1.29, 1.82) is 0 Å². The second kappa shape index (κ2) is 8.27. The molecule has 0 atom stereocenters. The molecule has 0 N–H and O–H groups in total. The highest BCUT2D eigenvalue weighted by Crippen LogP contribution is 2.30. The molecule has 2 rings (SSSR count). The third kappa shape index (κ3) is 7.19. The molecular formula is C13H11F9O4. The standard InChI is InChI=1S/C6H2F6O2.C6H5F3O2.CH4/c7-5(8,9)3-1-4(6(10,11)12)14-2-13-3;1-4-2-5(6(7,8)9)11-3-10-4;/h1-2H;2-3H,1H3;1H4. The highest BCUT2D eigenvalue weighted by Gasteiger charge is 2.44. The maximum Gasteiger partial charge on any atom is 0.446 e. The highest BCUT2D eigenvalue weighted by molar-refractivity contribution is 5.95. The van der Waals surface area contributed by atoms with Crippen molar-refractivity contribution in [3.63, 3.8) is 0 Å². The zero-order valence-corrected chi connectivity index (χ0v) is 11.8. The summed E-state index contributed by atoms with van der Waals surface area (Å²) in [6.45, 7) is 2.04. The van der Waals surface area contributed by atoms with Crippen LogP contribution in [0.4, 0.5) is 39.5 Å².